The molecule has 2 saturated heterocycles. The highest BCUT2D eigenvalue weighted by Gasteiger charge is 2.24. The lowest BCUT2D eigenvalue weighted by atomic mass is 10.1. The minimum atomic E-state index is -0.691. The van der Waals surface area contributed by atoms with Crippen molar-refractivity contribution < 1.29 is 14.3 Å². The van der Waals surface area contributed by atoms with E-state index < -0.39 is 6.09 Å². The minimum absolute atomic E-state index is 0.0851. The molecule has 182 valence electrons. The summed E-state index contributed by atoms with van der Waals surface area (Å²) in [6, 6.07) is 8.25. The van der Waals surface area contributed by atoms with Crippen molar-refractivity contribution in [1.82, 2.24) is 25.1 Å². The number of hydrogen-bond donors (Lipinski definition) is 2. The molecule has 6 rings (SSSR count). The van der Waals surface area contributed by atoms with Gasteiger partial charge in [0.05, 0.1) is 35.1 Å². The summed E-state index contributed by atoms with van der Waals surface area (Å²) in [7, 11) is 0. The van der Waals surface area contributed by atoms with Crippen LogP contribution in [0.5, 0.6) is 0 Å². The predicted octanol–water partition coefficient (Wildman–Crippen LogP) is 3.13. The fourth-order valence-corrected chi connectivity index (χ4v) is 6.04. The lowest BCUT2D eigenvalue weighted by molar-refractivity contribution is 0.0544. The summed E-state index contributed by atoms with van der Waals surface area (Å²) in [6.45, 7) is 5.56. The molecule has 0 aliphatic carbocycles. The monoisotopic (exact) mass is 493 g/mol. The Balaban J connectivity index is 1.33. The zero-order valence-corrected chi connectivity index (χ0v) is 20.1. The van der Waals surface area contributed by atoms with Crippen molar-refractivity contribution in [3.63, 3.8) is 0 Å². The number of aromatic amines is 1. The van der Waals surface area contributed by atoms with Crippen molar-refractivity contribution in [2.24, 2.45) is 5.73 Å². The van der Waals surface area contributed by atoms with E-state index in [1.165, 1.54) is 4.88 Å². The molecule has 0 bridgehead atoms. The first-order valence-electron chi connectivity index (χ1n) is 11.9. The number of amides is 1. The maximum atomic E-state index is 11.0. The van der Waals surface area contributed by atoms with Crippen LogP contribution in [-0.4, -0.2) is 76.7 Å². The number of nitrogens with two attached hydrogens (primary N) is 1. The molecule has 1 aromatic carbocycles. The van der Waals surface area contributed by atoms with Crippen LogP contribution < -0.4 is 10.6 Å². The lowest BCUT2D eigenvalue weighted by Crippen LogP contribution is -2.38. The molecular formula is C24H27N7O3S. The van der Waals surface area contributed by atoms with Crippen LogP contribution in [0, 0.1) is 0 Å². The third-order valence-electron chi connectivity index (χ3n) is 6.64. The van der Waals surface area contributed by atoms with Crippen LogP contribution in [0.1, 0.15) is 17.7 Å². The summed E-state index contributed by atoms with van der Waals surface area (Å²) in [5.41, 5.74) is 8.07. The van der Waals surface area contributed by atoms with Crippen LogP contribution in [0.2, 0.25) is 0 Å². The van der Waals surface area contributed by atoms with Crippen LogP contribution in [-0.2, 0) is 16.0 Å². The molecule has 1 amide bonds. The fraction of sp³-hybridized carbons (Fsp3) is 0.417. The molecular weight excluding hydrogens is 466 g/mol. The van der Waals surface area contributed by atoms with Gasteiger partial charge in [0.25, 0.3) is 0 Å². The Kier molecular flexibility index (Phi) is 5.96. The van der Waals surface area contributed by atoms with E-state index in [1.54, 1.807) is 11.3 Å². The molecule has 3 N–H and O–H groups in total. The molecule has 4 aromatic rings. The van der Waals surface area contributed by atoms with Gasteiger partial charge in [-0.1, -0.05) is 12.1 Å². The smallest absolute Gasteiger partial charge is 0.404 e. The molecule has 3 aromatic heterocycles. The zero-order valence-electron chi connectivity index (χ0n) is 19.3. The van der Waals surface area contributed by atoms with E-state index in [2.05, 4.69) is 26.1 Å². The Morgan fingerprint density at radius 3 is 2.83 bits per heavy atom. The Bertz CT molecular complexity index is 1360. The number of fused-ring (bicyclic) bond motifs is 2. The second kappa shape index (κ2) is 9.40. The molecule has 2 aliphatic rings. The number of nitrogens with zero attached hydrogens (tertiary/aromatic N) is 5. The molecule has 0 spiro atoms. The van der Waals surface area contributed by atoms with E-state index in [4.69, 9.17) is 25.2 Å². The Morgan fingerprint density at radius 2 is 2.03 bits per heavy atom. The Labute approximate surface area is 206 Å². The number of carbonyl (C=O) groups excluding carboxylic acids is 1. The highest BCUT2D eigenvalue weighted by molar-refractivity contribution is 7.19. The highest BCUT2D eigenvalue weighted by Crippen LogP contribution is 2.36. The van der Waals surface area contributed by atoms with Crippen LogP contribution >= 0.6 is 11.3 Å². The topological polar surface area (TPSA) is 122 Å². The van der Waals surface area contributed by atoms with Crippen LogP contribution in [0.4, 0.5) is 10.6 Å². The molecule has 0 atom stereocenters. The van der Waals surface area contributed by atoms with E-state index in [0.717, 1.165) is 78.1 Å². The van der Waals surface area contributed by atoms with Gasteiger partial charge in [-0.25, -0.2) is 14.8 Å². The third kappa shape index (κ3) is 4.54. The van der Waals surface area contributed by atoms with Crippen LogP contribution in [0.3, 0.4) is 0 Å². The summed E-state index contributed by atoms with van der Waals surface area (Å²) < 4.78 is 11.9. The summed E-state index contributed by atoms with van der Waals surface area (Å²) in [5.74, 6) is 1.68. The molecule has 10 nitrogen and oxygen atoms in total. The zero-order chi connectivity index (χ0) is 23.8. The number of anilines is 1. The summed E-state index contributed by atoms with van der Waals surface area (Å²) >= 11 is 1.76. The number of rotatable bonds is 5. The molecule has 2 aliphatic heterocycles. The van der Waals surface area contributed by atoms with Gasteiger partial charge < -0.3 is 20.1 Å². The van der Waals surface area contributed by atoms with Crippen molar-refractivity contribution in [2.75, 3.05) is 44.3 Å². The van der Waals surface area contributed by atoms with E-state index in [1.807, 2.05) is 24.4 Å². The first-order chi connectivity index (χ1) is 17.1. The van der Waals surface area contributed by atoms with Gasteiger partial charge in [0, 0.05) is 48.6 Å². The number of likely N-dealkylation sites (tertiary alicyclic amines) is 1. The standard InChI is InChI=1S/C24H27N7O3S/c25-24(32)34-15-4-6-30(7-5-15)14-16-12-20-21(35-16)23(31-8-10-33-11-9-31)28-22(27-20)17-2-1-3-19-18(17)13-26-29-19/h1-3,12-13,15H,4-11,14H2,(H2,25,32)(H,26,29). The predicted molar refractivity (Wildman–Crippen MR) is 135 cm³/mol. The van der Waals surface area contributed by atoms with Crippen molar-refractivity contribution in [3.05, 3.63) is 35.3 Å². The maximum Gasteiger partial charge on any atom is 0.404 e. The first-order valence-corrected chi connectivity index (χ1v) is 12.7. The number of hydrogen-bond acceptors (Lipinski definition) is 9. The largest absolute Gasteiger partial charge is 0.446 e. The third-order valence-corrected chi connectivity index (χ3v) is 7.74. The first kappa shape index (κ1) is 22.2. The highest BCUT2D eigenvalue weighted by atomic mass is 32.1. The number of thiophene rings is 1. The van der Waals surface area contributed by atoms with Crippen molar-refractivity contribution in [1.29, 1.82) is 0 Å². The second-order valence-electron chi connectivity index (χ2n) is 8.95. The van der Waals surface area contributed by atoms with Gasteiger partial charge in [0.15, 0.2) is 11.6 Å². The van der Waals surface area contributed by atoms with Crippen LogP contribution in [0.25, 0.3) is 32.5 Å². The van der Waals surface area contributed by atoms with Crippen molar-refractivity contribution in [2.45, 2.75) is 25.5 Å². The summed E-state index contributed by atoms with van der Waals surface area (Å²) in [5, 5.41) is 8.25. The van der Waals surface area contributed by atoms with E-state index >= 15 is 0 Å². The van der Waals surface area contributed by atoms with Crippen LogP contribution in [0.15, 0.2) is 30.5 Å². The molecule has 2 fully saturated rings. The molecule has 11 heteroatoms. The SMILES string of the molecule is NC(=O)OC1CCN(Cc2cc3nc(-c4cccc5[nH]ncc45)nc(N4CCOCC4)c3s2)CC1. The number of benzene rings is 1. The van der Waals surface area contributed by atoms with Crippen molar-refractivity contribution >= 4 is 44.4 Å². The lowest BCUT2D eigenvalue weighted by Gasteiger charge is -2.30. The molecule has 0 saturated carbocycles. The minimum Gasteiger partial charge on any atom is -0.446 e. The van der Waals surface area contributed by atoms with Gasteiger partial charge in [-0.2, -0.15) is 5.10 Å². The fourth-order valence-electron chi connectivity index (χ4n) is 4.89. The van der Waals surface area contributed by atoms with E-state index in [9.17, 15) is 4.79 Å². The van der Waals surface area contributed by atoms with Gasteiger partial charge in [0.1, 0.15) is 6.10 Å². The number of ether oxygens (including phenoxy) is 2. The molecule has 35 heavy (non-hydrogen) atoms. The summed E-state index contributed by atoms with van der Waals surface area (Å²) in [6.07, 6.45) is 2.65. The average molecular weight is 494 g/mol. The average Bonchev–Trinajstić information content (AvgIpc) is 3.51. The van der Waals surface area contributed by atoms with Gasteiger partial charge >= 0.3 is 6.09 Å². The summed E-state index contributed by atoms with van der Waals surface area (Å²) in [4.78, 5) is 27.1. The second-order valence-corrected chi connectivity index (χ2v) is 10.1. The van der Waals surface area contributed by atoms with E-state index in [-0.39, 0.29) is 6.10 Å². The quantitative estimate of drug-likeness (QED) is 0.435. The maximum absolute atomic E-state index is 11.0. The number of primary amides is 1. The number of H-pyrrole nitrogens is 1. The van der Waals surface area contributed by atoms with Gasteiger partial charge in [-0.3, -0.25) is 10.00 Å². The molecule has 0 unspecified atom stereocenters. The number of nitrogens with one attached hydrogen (secondary N) is 1. The Hall–Kier alpha value is -3.28. The van der Waals surface area contributed by atoms with Crippen molar-refractivity contribution in [3.8, 4) is 11.4 Å². The molecule has 0 radical (unpaired) electrons. The number of carbonyl (C=O) groups is 1. The normalized spacial score (nSPS) is 17.9. The van der Waals surface area contributed by atoms with Gasteiger partial charge in [-0.05, 0) is 25.0 Å². The Morgan fingerprint density at radius 1 is 1.20 bits per heavy atom. The molecule has 5 heterocycles. The number of aromatic nitrogens is 4. The van der Waals surface area contributed by atoms with Gasteiger partial charge in [0.2, 0.25) is 0 Å². The van der Waals surface area contributed by atoms with Gasteiger partial charge in [-0.15, -0.1) is 11.3 Å². The number of piperidine rings is 1. The number of morpholine rings is 1. The van der Waals surface area contributed by atoms with E-state index in [0.29, 0.717) is 19.0 Å².